The van der Waals surface area contributed by atoms with E-state index in [9.17, 15) is 24.3 Å². The van der Waals surface area contributed by atoms with Crippen molar-refractivity contribution in [2.24, 2.45) is 0 Å². The van der Waals surface area contributed by atoms with Gasteiger partial charge in [0.1, 0.15) is 32.5 Å². The number of aliphatic hydroxyl groups is 1. The van der Waals surface area contributed by atoms with Crippen LogP contribution >= 0.6 is 0 Å². The van der Waals surface area contributed by atoms with Crippen LogP contribution in [0, 0.1) is 0 Å². The first-order valence-corrected chi connectivity index (χ1v) is 8.28. The van der Waals surface area contributed by atoms with Crippen molar-refractivity contribution in [2.45, 2.75) is 20.0 Å². The summed E-state index contributed by atoms with van der Waals surface area (Å²) < 4.78 is 18.9. The van der Waals surface area contributed by atoms with Crippen LogP contribution in [-0.4, -0.2) is 74.9 Å². The van der Waals surface area contributed by atoms with Gasteiger partial charge in [0.2, 0.25) is 0 Å². The standard InChI is InChI=1S/C17H26N2O9/c1-11(2)14(21)25-7-5-18-16(23)27-9-13(20)10-28-17(24)19-6-8-26-15(22)12(3)4/h13,20H,1,3,5-10H2,2,4H3,(H,18,23)(H,19,24). The Hall–Kier alpha value is -3.08. The summed E-state index contributed by atoms with van der Waals surface area (Å²) in [7, 11) is 0. The van der Waals surface area contributed by atoms with Crippen molar-refractivity contribution in [1.29, 1.82) is 0 Å². The number of aliphatic hydroxyl groups excluding tert-OH is 1. The summed E-state index contributed by atoms with van der Waals surface area (Å²) >= 11 is 0. The van der Waals surface area contributed by atoms with E-state index in [4.69, 9.17) is 18.9 Å². The van der Waals surface area contributed by atoms with Crippen LogP contribution in [0.15, 0.2) is 24.3 Å². The van der Waals surface area contributed by atoms with Crippen molar-refractivity contribution in [3.63, 3.8) is 0 Å². The van der Waals surface area contributed by atoms with Gasteiger partial charge in [0.05, 0.1) is 13.1 Å². The summed E-state index contributed by atoms with van der Waals surface area (Å²) in [6.45, 7) is 8.87. The Bertz CT molecular complexity index is 539. The van der Waals surface area contributed by atoms with Gasteiger partial charge in [0.15, 0.2) is 0 Å². The molecule has 0 bridgehead atoms. The first-order chi connectivity index (χ1) is 13.1. The molecule has 158 valence electrons. The Labute approximate surface area is 162 Å². The lowest BCUT2D eigenvalue weighted by Crippen LogP contribution is -2.34. The molecule has 3 N–H and O–H groups in total. The molecular formula is C17H26N2O9. The van der Waals surface area contributed by atoms with Crippen LogP contribution in [0.4, 0.5) is 9.59 Å². The SMILES string of the molecule is C=C(C)C(=O)OCCNC(=O)OCC(O)COC(=O)NCCOC(=O)C(=C)C. The molecule has 11 heteroatoms. The van der Waals surface area contributed by atoms with Crippen molar-refractivity contribution in [2.75, 3.05) is 39.5 Å². The molecule has 0 aromatic heterocycles. The van der Waals surface area contributed by atoms with Gasteiger partial charge in [0.25, 0.3) is 0 Å². The second-order valence-electron chi connectivity index (χ2n) is 5.54. The fourth-order valence-corrected chi connectivity index (χ4v) is 1.33. The molecule has 28 heavy (non-hydrogen) atoms. The maximum atomic E-state index is 11.4. The molecule has 0 atom stereocenters. The summed E-state index contributed by atoms with van der Waals surface area (Å²) in [5.41, 5.74) is 0.477. The topological polar surface area (TPSA) is 149 Å². The van der Waals surface area contributed by atoms with Crippen molar-refractivity contribution in [3.05, 3.63) is 24.3 Å². The number of carbonyl (C=O) groups excluding carboxylic acids is 4. The minimum atomic E-state index is -1.24. The number of ether oxygens (including phenoxy) is 4. The molecule has 0 aliphatic rings. The van der Waals surface area contributed by atoms with E-state index in [-0.39, 0.29) is 37.4 Å². The highest BCUT2D eigenvalue weighted by Gasteiger charge is 2.12. The molecule has 0 aliphatic carbocycles. The average molecular weight is 402 g/mol. The van der Waals surface area contributed by atoms with E-state index in [1.807, 2.05) is 0 Å². The van der Waals surface area contributed by atoms with Gasteiger partial charge in [0, 0.05) is 11.1 Å². The van der Waals surface area contributed by atoms with Gasteiger partial charge in [-0.3, -0.25) is 0 Å². The predicted octanol–water partition coefficient (Wildman–Crippen LogP) is 0.0383. The van der Waals surface area contributed by atoms with Crippen LogP contribution in [0.5, 0.6) is 0 Å². The first kappa shape index (κ1) is 24.9. The van der Waals surface area contributed by atoms with E-state index in [0.717, 1.165) is 0 Å². The van der Waals surface area contributed by atoms with Crippen LogP contribution in [-0.2, 0) is 28.5 Å². The highest BCUT2D eigenvalue weighted by atomic mass is 16.6. The third-order valence-electron chi connectivity index (χ3n) is 2.72. The molecule has 0 saturated heterocycles. The molecular weight excluding hydrogens is 376 g/mol. The van der Waals surface area contributed by atoms with E-state index >= 15 is 0 Å². The lowest BCUT2D eigenvalue weighted by atomic mass is 10.4. The molecule has 0 aliphatic heterocycles. The molecule has 0 aromatic rings. The van der Waals surface area contributed by atoms with Crippen LogP contribution in [0.1, 0.15) is 13.8 Å². The van der Waals surface area contributed by atoms with Gasteiger partial charge < -0.3 is 34.7 Å². The van der Waals surface area contributed by atoms with Crippen molar-refractivity contribution in [3.8, 4) is 0 Å². The lowest BCUT2D eigenvalue weighted by molar-refractivity contribution is -0.139. The van der Waals surface area contributed by atoms with Gasteiger partial charge >= 0.3 is 24.1 Å². The number of amides is 2. The molecule has 0 aromatic carbocycles. The van der Waals surface area contributed by atoms with E-state index in [0.29, 0.717) is 0 Å². The largest absolute Gasteiger partial charge is 0.460 e. The summed E-state index contributed by atoms with van der Waals surface area (Å²) in [6, 6.07) is 0. The summed E-state index contributed by atoms with van der Waals surface area (Å²) in [4.78, 5) is 44.9. The lowest BCUT2D eigenvalue weighted by Gasteiger charge is -2.13. The number of nitrogens with one attached hydrogen (secondary N) is 2. The third-order valence-corrected chi connectivity index (χ3v) is 2.72. The van der Waals surface area contributed by atoms with Crippen molar-refractivity contribution in [1.82, 2.24) is 10.6 Å². The van der Waals surface area contributed by atoms with Crippen molar-refractivity contribution < 1.29 is 43.2 Å². The van der Waals surface area contributed by atoms with E-state index in [1.165, 1.54) is 13.8 Å². The van der Waals surface area contributed by atoms with Crippen molar-refractivity contribution >= 4 is 24.1 Å². The quantitative estimate of drug-likeness (QED) is 0.178. The summed E-state index contributed by atoms with van der Waals surface area (Å²) in [5, 5.41) is 14.2. The Morgan fingerprint density at radius 1 is 0.786 bits per heavy atom. The minimum absolute atomic E-state index is 0.0167. The number of carbonyl (C=O) groups is 4. The van der Waals surface area contributed by atoms with E-state index in [1.54, 1.807) is 0 Å². The normalized spacial score (nSPS) is 9.86. The Balaban J connectivity index is 3.73. The maximum absolute atomic E-state index is 11.4. The fourth-order valence-electron chi connectivity index (χ4n) is 1.33. The monoisotopic (exact) mass is 402 g/mol. The molecule has 0 unspecified atom stereocenters. The van der Waals surface area contributed by atoms with Gasteiger partial charge in [-0.2, -0.15) is 0 Å². The molecule has 0 saturated carbocycles. The number of hydrogen-bond acceptors (Lipinski definition) is 9. The maximum Gasteiger partial charge on any atom is 0.407 e. The second-order valence-corrected chi connectivity index (χ2v) is 5.54. The van der Waals surface area contributed by atoms with Gasteiger partial charge in [-0.05, 0) is 13.8 Å². The smallest absolute Gasteiger partial charge is 0.407 e. The zero-order chi connectivity index (χ0) is 21.5. The number of esters is 2. The Morgan fingerprint density at radius 2 is 1.14 bits per heavy atom. The van der Waals surface area contributed by atoms with Crippen LogP contribution in [0.25, 0.3) is 0 Å². The molecule has 0 fully saturated rings. The fraction of sp³-hybridized carbons (Fsp3) is 0.529. The third kappa shape index (κ3) is 13.2. The van der Waals surface area contributed by atoms with Gasteiger partial charge in [-0.15, -0.1) is 0 Å². The molecule has 0 heterocycles. The number of hydrogen-bond donors (Lipinski definition) is 3. The summed E-state index contributed by atoms with van der Waals surface area (Å²) in [6.07, 6.45) is -2.91. The number of alkyl carbamates (subject to hydrolysis) is 2. The minimum Gasteiger partial charge on any atom is -0.460 e. The highest BCUT2D eigenvalue weighted by Crippen LogP contribution is 1.93. The predicted molar refractivity (Wildman–Crippen MR) is 96.3 cm³/mol. The first-order valence-electron chi connectivity index (χ1n) is 8.28. The van der Waals surface area contributed by atoms with Gasteiger partial charge in [-0.1, -0.05) is 13.2 Å². The highest BCUT2D eigenvalue weighted by molar-refractivity contribution is 5.87. The van der Waals surface area contributed by atoms with E-state index < -0.39 is 43.4 Å². The number of rotatable bonds is 12. The Morgan fingerprint density at radius 3 is 1.46 bits per heavy atom. The average Bonchev–Trinajstić information content (AvgIpc) is 2.64. The molecule has 0 radical (unpaired) electrons. The summed E-state index contributed by atoms with van der Waals surface area (Å²) in [5.74, 6) is -1.15. The van der Waals surface area contributed by atoms with Crippen LogP contribution < -0.4 is 10.6 Å². The Kier molecular flexibility index (Phi) is 12.5. The van der Waals surface area contributed by atoms with Crippen LogP contribution in [0.2, 0.25) is 0 Å². The zero-order valence-corrected chi connectivity index (χ0v) is 15.9. The molecule has 11 nitrogen and oxygen atoms in total. The molecule has 2 amide bonds. The van der Waals surface area contributed by atoms with E-state index in [2.05, 4.69) is 23.8 Å². The zero-order valence-electron chi connectivity index (χ0n) is 15.9. The second kappa shape index (κ2) is 14.0. The van der Waals surface area contributed by atoms with Gasteiger partial charge in [-0.25, -0.2) is 19.2 Å². The molecule has 0 spiro atoms. The molecule has 0 rings (SSSR count). The van der Waals surface area contributed by atoms with Crippen LogP contribution in [0.3, 0.4) is 0 Å².